The maximum absolute atomic E-state index is 2.44. The summed E-state index contributed by atoms with van der Waals surface area (Å²) in [7, 11) is 0. The highest BCUT2D eigenvalue weighted by Crippen LogP contribution is 2.63. The second kappa shape index (κ2) is 3.65. The largest absolute Gasteiger partial charge is 0.0582 e. The smallest absolute Gasteiger partial charge is 0.00384 e. The van der Waals surface area contributed by atoms with Crippen LogP contribution in [0.4, 0.5) is 0 Å². The van der Waals surface area contributed by atoms with Crippen molar-refractivity contribution < 1.29 is 0 Å². The van der Waals surface area contributed by atoms with Crippen molar-refractivity contribution in [2.75, 3.05) is 0 Å². The van der Waals surface area contributed by atoms with Crippen LogP contribution in [0.15, 0.2) is 0 Å². The number of fused-ring (bicyclic) bond motifs is 1. The molecule has 19 heavy (non-hydrogen) atoms. The van der Waals surface area contributed by atoms with Crippen molar-refractivity contribution in [3.05, 3.63) is 33.4 Å². The van der Waals surface area contributed by atoms with Gasteiger partial charge in [0.2, 0.25) is 0 Å². The minimum absolute atomic E-state index is 0.221. The molecule has 0 atom stereocenters. The molecule has 0 spiro atoms. The Hall–Kier alpha value is -0.780. The van der Waals surface area contributed by atoms with Crippen LogP contribution >= 0.6 is 0 Å². The summed E-state index contributed by atoms with van der Waals surface area (Å²) in [5.41, 5.74) is 9.93. The highest BCUT2D eigenvalue weighted by molar-refractivity contribution is 5.60. The van der Waals surface area contributed by atoms with E-state index in [-0.39, 0.29) is 16.2 Å². The molecule has 0 amide bonds. The Morgan fingerprint density at radius 3 is 1.00 bits per heavy atom. The lowest BCUT2D eigenvalue weighted by Gasteiger charge is -2.45. The molecule has 0 aromatic heterocycles. The summed E-state index contributed by atoms with van der Waals surface area (Å²) in [5.74, 6) is 0. The Labute approximate surface area is 119 Å². The molecular formula is C19H30. The second-order valence-corrected chi connectivity index (χ2v) is 8.12. The van der Waals surface area contributed by atoms with Gasteiger partial charge in [-0.25, -0.2) is 0 Å². The van der Waals surface area contributed by atoms with Crippen molar-refractivity contribution in [3.63, 3.8) is 0 Å². The monoisotopic (exact) mass is 258 g/mol. The van der Waals surface area contributed by atoms with Crippen molar-refractivity contribution in [2.45, 2.75) is 80.1 Å². The van der Waals surface area contributed by atoms with E-state index in [4.69, 9.17) is 0 Å². The van der Waals surface area contributed by atoms with E-state index in [1.54, 1.807) is 11.1 Å². The SMILES string of the molecule is Cc1c(C)c(C)c2c(c1C)C(C)(C)C(C)(C)C2(C)C. The van der Waals surface area contributed by atoms with Gasteiger partial charge in [-0.05, 0) is 77.3 Å². The first-order chi connectivity index (χ1) is 8.39. The molecule has 1 aliphatic rings. The number of hydrogen-bond donors (Lipinski definition) is 0. The lowest BCUT2D eigenvalue weighted by Crippen LogP contribution is -2.42. The molecule has 1 aromatic rings. The van der Waals surface area contributed by atoms with E-state index in [1.807, 2.05) is 0 Å². The summed E-state index contributed by atoms with van der Waals surface area (Å²) in [6.07, 6.45) is 0. The van der Waals surface area contributed by atoms with E-state index in [9.17, 15) is 0 Å². The summed E-state index contributed by atoms with van der Waals surface area (Å²) in [4.78, 5) is 0. The highest BCUT2D eigenvalue weighted by atomic mass is 14.6. The van der Waals surface area contributed by atoms with Gasteiger partial charge in [0.15, 0.2) is 0 Å². The first kappa shape index (κ1) is 14.6. The van der Waals surface area contributed by atoms with Crippen LogP contribution in [-0.4, -0.2) is 0 Å². The standard InChI is InChI=1S/C19H30/c1-11-12(2)14(4)16-15(13(11)3)17(5,6)19(9,10)18(16,7)8/h1-10H3. The molecule has 0 heterocycles. The lowest BCUT2D eigenvalue weighted by molar-refractivity contribution is 0.124. The van der Waals surface area contributed by atoms with Gasteiger partial charge in [-0.1, -0.05) is 41.5 Å². The Morgan fingerprint density at radius 1 is 0.474 bits per heavy atom. The zero-order valence-corrected chi connectivity index (χ0v) is 14.5. The molecule has 0 aliphatic heterocycles. The molecule has 106 valence electrons. The molecule has 0 nitrogen and oxygen atoms in total. The molecule has 0 unspecified atom stereocenters. The molecule has 0 saturated carbocycles. The molecule has 0 radical (unpaired) electrons. The quantitative estimate of drug-likeness (QED) is 0.575. The third-order valence-electron chi connectivity index (χ3n) is 7.06. The zero-order valence-electron chi connectivity index (χ0n) is 14.5. The van der Waals surface area contributed by atoms with E-state index < -0.39 is 0 Å². The first-order valence-corrected chi connectivity index (χ1v) is 7.50. The maximum atomic E-state index is 2.44. The van der Waals surface area contributed by atoms with Crippen molar-refractivity contribution in [2.24, 2.45) is 5.41 Å². The van der Waals surface area contributed by atoms with Crippen LogP contribution in [0.1, 0.15) is 74.9 Å². The van der Waals surface area contributed by atoms with Crippen LogP contribution < -0.4 is 0 Å². The van der Waals surface area contributed by atoms with Crippen molar-refractivity contribution in [1.29, 1.82) is 0 Å². The molecule has 0 N–H and O–H groups in total. The van der Waals surface area contributed by atoms with Gasteiger partial charge in [0, 0.05) is 0 Å². The molecule has 0 heteroatoms. The Kier molecular flexibility index (Phi) is 2.81. The van der Waals surface area contributed by atoms with Crippen LogP contribution in [0.3, 0.4) is 0 Å². The van der Waals surface area contributed by atoms with E-state index in [0.29, 0.717) is 0 Å². The van der Waals surface area contributed by atoms with Crippen LogP contribution in [0, 0.1) is 33.1 Å². The number of rotatable bonds is 0. The fourth-order valence-corrected chi connectivity index (χ4v) is 4.28. The molecular weight excluding hydrogens is 228 g/mol. The van der Waals surface area contributed by atoms with Gasteiger partial charge in [-0.3, -0.25) is 0 Å². The van der Waals surface area contributed by atoms with E-state index in [0.717, 1.165) is 0 Å². The lowest BCUT2D eigenvalue weighted by atomic mass is 9.59. The third-order valence-corrected chi connectivity index (χ3v) is 7.06. The average molecular weight is 258 g/mol. The third kappa shape index (κ3) is 1.41. The fourth-order valence-electron chi connectivity index (χ4n) is 4.28. The molecule has 0 saturated heterocycles. The Balaban J connectivity index is 3.02. The normalized spacial score (nSPS) is 22.4. The van der Waals surface area contributed by atoms with Gasteiger partial charge >= 0.3 is 0 Å². The topological polar surface area (TPSA) is 0 Å². The summed E-state index contributed by atoms with van der Waals surface area (Å²) in [6.45, 7) is 23.8. The Morgan fingerprint density at radius 2 is 0.737 bits per heavy atom. The molecule has 0 bridgehead atoms. The van der Waals surface area contributed by atoms with Gasteiger partial charge in [0.05, 0.1) is 0 Å². The predicted octanol–water partition coefficient (Wildman–Crippen LogP) is 5.52. The van der Waals surface area contributed by atoms with Crippen molar-refractivity contribution >= 4 is 0 Å². The van der Waals surface area contributed by atoms with Crippen LogP contribution in [0.25, 0.3) is 0 Å². The zero-order chi connectivity index (χ0) is 15.0. The van der Waals surface area contributed by atoms with E-state index in [1.165, 1.54) is 22.3 Å². The van der Waals surface area contributed by atoms with Crippen molar-refractivity contribution in [1.82, 2.24) is 0 Å². The Bertz CT molecular complexity index is 505. The van der Waals surface area contributed by atoms with E-state index >= 15 is 0 Å². The fraction of sp³-hybridized carbons (Fsp3) is 0.684. The predicted molar refractivity (Wildman–Crippen MR) is 85.2 cm³/mol. The average Bonchev–Trinajstić information content (AvgIpc) is 2.39. The van der Waals surface area contributed by atoms with Gasteiger partial charge in [-0.2, -0.15) is 0 Å². The molecule has 2 rings (SSSR count). The number of hydrogen-bond acceptors (Lipinski definition) is 0. The maximum Gasteiger partial charge on any atom is -0.00384 e. The second-order valence-electron chi connectivity index (χ2n) is 8.12. The van der Waals surface area contributed by atoms with Gasteiger partial charge in [0.1, 0.15) is 0 Å². The summed E-state index contributed by atoms with van der Waals surface area (Å²) < 4.78 is 0. The molecule has 0 fully saturated rings. The van der Waals surface area contributed by atoms with Crippen LogP contribution in [0.5, 0.6) is 0 Å². The van der Waals surface area contributed by atoms with Crippen LogP contribution in [-0.2, 0) is 10.8 Å². The first-order valence-electron chi connectivity index (χ1n) is 7.50. The van der Waals surface area contributed by atoms with Gasteiger partial charge in [-0.15, -0.1) is 0 Å². The highest BCUT2D eigenvalue weighted by Gasteiger charge is 2.58. The summed E-state index contributed by atoms with van der Waals surface area (Å²) in [6, 6.07) is 0. The van der Waals surface area contributed by atoms with Crippen molar-refractivity contribution in [3.8, 4) is 0 Å². The van der Waals surface area contributed by atoms with E-state index in [2.05, 4.69) is 69.2 Å². The molecule has 1 aliphatic carbocycles. The summed E-state index contributed by atoms with van der Waals surface area (Å²) in [5, 5.41) is 0. The minimum atomic E-state index is 0.221. The molecule has 1 aromatic carbocycles. The minimum Gasteiger partial charge on any atom is -0.0582 e. The van der Waals surface area contributed by atoms with Crippen LogP contribution in [0.2, 0.25) is 0 Å². The van der Waals surface area contributed by atoms with Gasteiger partial charge < -0.3 is 0 Å². The summed E-state index contributed by atoms with van der Waals surface area (Å²) >= 11 is 0. The number of benzene rings is 1. The van der Waals surface area contributed by atoms with Gasteiger partial charge in [0.25, 0.3) is 0 Å².